The lowest BCUT2D eigenvalue weighted by atomic mass is 10.0. The maximum atomic E-state index is 13.7. The van der Waals surface area contributed by atoms with Crippen molar-refractivity contribution in [2.75, 3.05) is 31.1 Å². The molecule has 2 heterocycles. The van der Waals surface area contributed by atoms with Gasteiger partial charge in [0, 0.05) is 31.9 Å². The molecule has 1 atom stereocenters. The normalized spacial score (nSPS) is 15.4. The summed E-state index contributed by atoms with van der Waals surface area (Å²) in [5, 5.41) is 12.4. The molecule has 1 saturated heterocycles. The van der Waals surface area contributed by atoms with Crippen LogP contribution in [0.5, 0.6) is 0 Å². The van der Waals surface area contributed by atoms with Gasteiger partial charge in [-0.25, -0.2) is 17.9 Å². The molecule has 1 fully saturated rings. The van der Waals surface area contributed by atoms with Gasteiger partial charge < -0.3 is 4.90 Å². The highest BCUT2D eigenvalue weighted by Gasteiger charge is 2.30. The molecule has 1 aliphatic rings. The molecular formula is C25H23F3N6. The Labute approximate surface area is 195 Å². The van der Waals surface area contributed by atoms with E-state index in [1.165, 1.54) is 36.4 Å². The predicted molar refractivity (Wildman–Crippen MR) is 122 cm³/mol. The van der Waals surface area contributed by atoms with Crippen LogP contribution in [0.4, 0.5) is 18.9 Å². The van der Waals surface area contributed by atoms with Crippen molar-refractivity contribution in [3.63, 3.8) is 0 Å². The molecule has 4 aromatic rings. The average molecular weight is 464 g/mol. The summed E-state index contributed by atoms with van der Waals surface area (Å²) in [5.74, 6) is -0.239. The zero-order valence-electron chi connectivity index (χ0n) is 18.4. The zero-order chi connectivity index (χ0) is 23.5. The van der Waals surface area contributed by atoms with Crippen molar-refractivity contribution in [1.82, 2.24) is 25.1 Å². The molecule has 1 aromatic heterocycles. The third kappa shape index (κ3) is 4.79. The van der Waals surface area contributed by atoms with Gasteiger partial charge in [0.1, 0.15) is 17.5 Å². The fraction of sp³-hybridized carbons (Fsp3) is 0.240. The standard InChI is InChI=1S/C25H23F3N6/c26-20-5-1-18(2-6-20)17-34-25(29-30-31-34)24(19-3-7-21(27)8-4-19)33-15-13-32(14-16-33)23-11-9-22(28)10-12-23/h1-12,24H,13-17H2/t24-/m1/s1. The molecular weight excluding hydrogens is 441 g/mol. The second kappa shape index (κ2) is 9.64. The van der Waals surface area contributed by atoms with Crippen molar-refractivity contribution in [1.29, 1.82) is 0 Å². The molecule has 6 nitrogen and oxygen atoms in total. The quantitative estimate of drug-likeness (QED) is 0.431. The lowest BCUT2D eigenvalue weighted by Gasteiger charge is -2.40. The molecule has 3 aromatic carbocycles. The minimum atomic E-state index is -0.311. The van der Waals surface area contributed by atoms with Crippen molar-refractivity contribution in [2.45, 2.75) is 12.6 Å². The van der Waals surface area contributed by atoms with Gasteiger partial charge >= 0.3 is 0 Å². The first-order chi connectivity index (χ1) is 16.6. The van der Waals surface area contributed by atoms with Gasteiger partial charge in [0.15, 0.2) is 5.82 Å². The molecule has 9 heteroatoms. The number of rotatable bonds is 6. The Morgan fingerprint density at radius 3 is 1.88 bits per heavy atom. The third-order valence-electron chi connectivity index (χ3n) is 6.11. The highest BCUT2D eigenvalue weighted by molar-refractivity contribution is 5.46. The SMILES string of the molecule is Fc1ccc(Cn2nnnc2[C@@H](c2ccc(F)cc2)N2CCN(c3ccc(F)cc3)CC2)cc1. The van der Waals surface area contributed by atoms with Crippen LogP contribution in [-0.2, 0) is 6.54 Å². The van der Waals surface area contributed by atoms with Crippen LogP contribution in [0.25, 0.3) is 0 Å². The first-order valence-corrected chi connectivity index (χ1v) is 11.1. The minimum Gasteiger partial charge on any atom is -0.369 e. The molecule has 174 valence electrons. The van der Waals surface area contributed by atoms with Gasteiger partial charge in [0.05, 0.1) is 12.6 Å². The number of benzene rings is 3. The zero-order valence-corrected chi connectivity index (χ0v) is 18.4. The molecule has 0 unspecified atom stereocenters. The fourth-order valence-electron chi connectivity index (χ4n) is 4.34. The Morgan fingerprint density at radius 2 is 1.26 bits per heavy atom. The lowest BCUT2D eigenvalue weighted by molar-refractivity contribution is 0.201. The lowest BCUT2D eigenvalue weighted by Crippen LogP contribution is -2.48. The Bertz CT molecular complexity index is 1220. The van der Waals surface area contributed by atoms with Crippen LogP contribution in [0, 0.1) is 17.5 Å². The molecule has 0 bridgehead atoms. The Balaban J connectivity index is 1.41. The van der Waals surface area contributed by atoms with Crippen LogP contribution >= 0.6 is 0 Å². The number of hydrogen-bond acceptors (Lipinski definition) is 5. The predicted octanol–water partition coefficient (Wildman–Crippen LogP) is 4.05. The highest BCUT2D eigenvalue weighted by Crippen LogP contribution is 2.29. The molecule has 0 radical (unpaired) electrons. The number of aromatic nitrogens is 4. The van der Waals surface area contributed by atoms with Gasteiger partial charge in [-0.15, -0.1) is 5.10 Å². The van der Waals surface area contributed by atoms with E-state index in [2.05, 4.69) is 25.3 Å². The van der Waals surface area contributed by atoms with Gasteiger partial charge in [-0.1, -0.05) is 24.3 Å². The van der Waals surface area contributed by atoms with Crippen molar-refractivity contribution >= 4 is 5.69 Å². The number of nitrogens with zero attached hydrogens (tertiary/aromatic N) is 6. The van der Waals surface area contributed by atoms with Gasteiger partial charge in [0.25, 0.3) is 0 Å². The first kappa shape index (κ1) is 22.1. The van der Waals surface area contributed by atoms with Gasteiger partial charge in [-0.05, 0) is 70.1 Å². The van der Waals surface area contributed by atoms with E-state index < -0.39 is 0 Å². The van der Waals surface area contributed by atoms with Crippen LogP contribution in [0.2, 0.25) is 0 Å². The fourth-order valence-corrected chi connectivity index (χ4v) is 4.34. The van der Waals surface area contributed by atoms with E-state index >= 15 is 0 Å². The van der Waals surface area contributed by atoms with E-state index in [0.29, 0.717) is 25.5 Å². The third-order valence-corrected chi connectivity index (χ3v) is 6.11. The highest BCUT2D eigenvalue weighted by atomic mass is 19.1. The number of anilines is 1. The Kier molecular flexibility index (Phi) is 6.27. The molecule has 1 aliphatic heterocycles. The number of halogens is 3. The van der Waals surface area contributed by atoms with E-state index in [-0.39, 0.29) is 23.5 Å². The number of piperazine rings is 1. The van der Waals surface area contributed by atoms with E-state index in [1.54, 1.807) is 41.1 Å². The second-order valence-corrected chi connectivity index (χ2v) is 8.27. The van der Waals surface area contributed by atoms with Gasteiger partial charge in [-0.2, -0.15) is 0 Å². The number of hydrogen-bond donors (Lipinski definition) is 0. The average Bonchev–Trinajstić information content (AvgIpc) is 3.30. The van der Waals surface area contributed by atoms with Crippen LogP contribution in [0.3, 0.4) is 0 Å². The van der Waals surface area contributed by atoms with E-state index in [4.69, 9.17) is 0 Å². The van der Waals surface area contributed by atoms with Gasteiger partial charge in [0.2, 0.25) is 0 Å². The molecule has 34 heavy (non-hydrogen) atoms. The van der Waals surface area contributed by atoms with Crippen LogP contribution < -0.4 is 4.90 Å². The summed E-state index contributed by atoms with van der Waals surface area (Å²) in [6.07, 6.45) is 0. The van der Waals surface area contributed by atoms with E-state index in [0.717, 1.165) is 29.9 Å². The first-order valence-electron chi connectivity index (χ1n) is 11.1. The summed E-state index contributed by atoms with van der Waals surface area (Å²) < 4.78 is 42.0. The maximum absolute atomic E-state index is 13.7. The largest absolute Gasteiger partial charge is 0.369 e. The molecule has 0 saturated carbocycles. The summed E-state index contributed by atoms with van der Waals surface area (Å²) in [6.45, 7) is 3.28. The maximum Gasteiger partial charge on any atom is 0.173 e. The van der Waals surface area contributed by atoms with Crippen LogP contribution in [-0.4, -0.2) is 51.3 Å². The smallest absolute Gasteiger partial charge is 0.173 e. The second-order valence-electron chi connectivity index (χ2n) is 8.27. The van der Waals surface area contributed by atoms with Crippen molar-refractivity contribution < 1.29 is 13.2 Å². The summed E-state index contributed by atoms with van der Waals surface area (Å²) in [5.41, 5.74) is 2.72. The topological polar surface area (TPSA) is 50.1 Å². The number of tetrazole rings is 1. The minimum absolute atomic E-state index is 0.258. The van der Waals surface area contributed by atoms with Crippen LogP contribution in [0.1, 0.15) is 23.0 Å². The van der Waals surface area contributed by atoms with E-state index in [1.807, 2.05) is 0 Å². The van der Waals surface area contributed by atoms with E-state index in [9.17, 15) is 13.2 Å². The summed E-state index contributed by atoms with van der Waals surface area (Å²) in [4.78, 5) is 4.47. The Hall–Kier alpha value is -3.72. The molecule has 0 amide bonds. The molecule has 0 spiro atoms. The molecule has 0 aliphatic carbocycles. The van der Waals surface area contributed by atoms with Crippen molar-refractivity contribution in [3.05, 3.63) is 107 Å². The summed E-state index contributed by atoms with van der Waals surface area (Å²) >= 11 is 0. The monoisotopic (exact) mass is 464 g/mol. The van der Waals surface area contributed by atoms with Crippen LogP contribution in [0.15, 0.2) is 72.8 Å². The molecule has 0 N–H and O–H groups in total. The van der Waals surface area contributed by atoms with Gasteiger partial charge in [-0.3, -0.25) is 4.90 Å². The van der Waals surface area contributed by atoms with Crippen molar-refractivity contribution in [3.8, 4) is 0 Å². The molecule has 5 rings (SSSR count). The van der Waals surface area contributed by atoms with Crippen molar-refractivity contribution in [2.24, 2.45) is 0 Å². The summed E-state index contributed by atoms with van der Waals surface area (Å²) in [6, 6.07) is 18.8. The Morgan fingerprint density at radius 1 is 0.706 bits per heavy atom. The summed E-state index contributed by atoms with van der Waals surface area (Å²) in [7, 11) is 0.